The summed E-state index contributed by atoms with van der Waals surface area (Å²) in [7, 11) is 0. The van der Waals surface area contributed by atoms with Crippen LogP contribution in [0.25, 0.3) is 11.3 Å². The third-order valence-electron chi connectivity index (χ3n) is 7.73. The summed E-state index contributed by atoms with van der Waals surface area (Å²) < 4.78 is 45.7. The van der Waals surface area contributed by atoms with Gasteiger partial charge in [0.1, 0.15) is 5.60 Å². The first-order valence-corrected chi connectivity index (χ1v) is 14.0. The number of aryl methyl sites for hydroxylation is 1. The molecule has 2 aromatic carbocycles. The van der Waals surface area contributed by atoms with Gasteiger partial charge < -0.3 is 15.0 Å². The van der Waals surface area contributed by atoms with Crippen molar-refractivity contribution in [2.45, 2.75) is 57.9 Å². The molecule has 0 radical (unpaired) electrons. The summed E-state index contributed by atoms with van der Waals surface area (Å²) in [5.41, 5.74) is 2.24. The molecule has 1 N–H and O–H groups in total. The number of carbonyl (C=O) groups excluding carboxylic acids is 2. The average Bonchev–Trinajstić information content (AvgIpc) is 3.35. The van der Waals surface area contributed by atoms with Gasteiger partial charge in [-0.1, -0.05) is 18.2 Å². The van der Waals surface area contributed by atoms with Crippen molar-refractivity contribution in [3.8, 4) is 11.3 Å². The molecule has 0 spiro atoms. The number of benzene rings is 2. The van der Waals surface area contributed by atoms with E-state index in [9.17, 15) is 22.8 Å². The Hall–Kier alpha value is -4.28. The lowest BCUT2D eigenvalue weighted by atomic mass is 10.0. The van der Waals surface area contributed by atoms with Crippen molar-refractivity contribution in [2.75, 3.05) is 39.7 Å². The van der Waals surface area contributed by atoms with Crippen LogP contribution in [-0.2, 0) is 17.3 Å². The Morgan fingerprint density at radius 3 is 2.57 bits per heavy atom. The molecule has 3 aliphatic heterocycles. The number of rotatable bonds is 2. The zero-order valence-electron chi connectivity index (χ0n) is 23.7. The standard InChI is InChI=1S/C31H32F3N5O3/c1-30(2,3)42-29(41)38-14-5-7-19-9-10-22(17-26(19)38)35-28(40)39-23-13-15-37(18-23)25-12-11-24(36-27(25)39)20-6-4-8-21(16-20)31(32,33)34/h4,6,8-12,16-17,23H,5,7,13-15,18H2,1-3H3,(H,35,40)/t23-/m0/s1. The van der Waals surface area contributed by atoms with Crippen molar-refractivity contribution in [2.24, 2.45) is 0 Å². The SMILES string of the molecule is CC(C)(C)OC(=O)N1CCCc2ccc(NC(=O)N3c4nc(-c5cccc(C(F)(F)F)c5)ccc4N4CC[C@H]3C4)cc21. The van der Waals surface area contributed by atoms with Gasteiger partial charge in [0, 0.05) is 30.9 Å². The number of halogens is 3. The fourth-order valence-corrected chi connectivity index (χ4v) is 5.83. The minimum absolute atomic E-state index is 0.141. The van der Waals surface area contributed by atoms with E-state index in [4.69, 9.17) is 9.72 Å². The Bertz CT molecular complexity index is 1550. The van der Waals surface area contributed by atoms with Crippen molar-refractivity contribution in [3.05, 3.63) is 65.7 Å². The summed E-state index contributed by atoms with van der Waals surface area (Å²) in [5.74, 6) is 0.407. The summed E-state index contributed by atoms with van der Waals surface area (Å²) in [6, 6.07) is 13.5. The highest BCUT2D eigenvalue weighted by Crippen LogP contribution is 2.41. The lowest BCUT2D eigenvalue weighted by molar-refractivity contribution is -0.137. The van der Waals surface area contributed by atoms with E-state index in [1.807, 2.05) is 39.0 Å². The molecule has 3 aliphatic rings. The van der Waals surface area contributed by atoms with Gasteiger partial charge in [-0.2, -0.15) is 13.2 Å². The highest BCUT2D eigenvalue weighted by Gasteiger charge is 2.40. The number of urea groups is 1. The number of anilines is 4. The summed E-state index contributed by atoms with van der Waals surface area (Å²) in [6.45, 7) is 7.36. The van der Waals surface area contributed by atoms with Crippen LogP contribution in [-0.4, -0.2) is 48.4 Å². The van der Waals surface area contributed by atoms with Crippen molar-refractivity contribution in [1.29, 1.82) is 0 Å². The van der Waals surface area contributed by atoms with Crippen LogP contribution in [0.3, 0.4) is 0 Å². The van der Waals surface area contributed by atoms with Gasteiger partial charge in [-0.3, -0.25) is 9.80 Å². The second-order valence-corrected chi connectivity index (χ2v) is 11.9. The predicted octanol–water partition coefficient (Wildman–Crippen LogP) is 7.09. The van der Waals surface area contributed by atoms with E-state index in [1.54, 1.807) is 28.0 Å². The summed E-state index contributed by atoms with van der Waals surface area (Å²) in [5, 5.41) is 2.98. The maximum atomic E-state index is 13.8. The van der Waals surface area contributed by atoms with E-state index >= 15 is 0 Å². The molecule has 0 unspecified atom stereocenters. The van der Waals surface area contributed by atoms with Crippen LogP contribution in [0.5, 0.6) is 0 Å². The fourth-order valence-electron chi connectivity index (χ4n) is 5.83. The van der Waals surface area contributed by atoms with Crippen molar-refractivity contribution in [1.82, 2.24) is 4.98 Å². The molecule has 220 valence electrons. The molecule has 0 aliphatic carbocycles. The molecule has 0 saturated carbocycles. The van der Waals surface area contributed by atoms with Crippen LogP contribution in [0.15, 0.2) is 54.6 Å². The number of alkyl halides is 3. The Labute approximate surface area is 242 Å². The molecule has 1 fully saturated rings. The largest absolute Gasteiger partial charge is 0.443 e. The van der Waals surface area contributed by atoms with Gasteiger partial charge in [0.2, 0.25) is 0 Å². The number of carbonyl (C=O) groups is 2. The average molecular weight is 580 g/mol. The molecule has 8 nitrogen and oxygen atoms in total. The van der Waals surface area contributed by atoms with Gasteiger partial charge >= 0.3 is 18.3 Å². The molecule has 1 aromatic heterocycles. The molecule has 3 amide bonds. The van der Waals surface area contributed by atoms with Crippen molar-refractivity contribution < 1.29 is 27.5 Å². The van der Waals surface area contributed by atoms with Gasteiger partial charge in [0.25, 0.3) is 0 Å². The zero-order valence-corrected chi connectivity index (χ0v) is 23.7. The normalized spacial score (nSPS) is 18.0. The third-order valence-corrected chi connectivity index (χ3v) is 7.73. The van der Waals surface area contributed by atoms with E-state index in [0.717, 1.165) is 49.2 Å². The summed E-state index contributed by atoms with van der Waals surface area (Å²) in [4.78, 5) is 36.8. The molecular weight excluding hydrogens is 547 g/mol. The van der Waals surface area contributed by atoms with E-state index in [-0.39, 0.29) is 6.04 Å². The number of hydrogen-bond acceptors (Lipinski definition) is 5. The Morgan fingerprint density at radius 1 is 1.00 bits per heavy atom. The summed E-state index contributed by atoms with van der Waals surface area (Å²) in [6.07, 6.45) is -2.56. The third kappa shape index (κ3) is 5.35. The Balaban J connectivity index is 1.30. The number of fused-ring (bicyclic) bond motifs is 5. The number of nitrogens with one attached hydrogen (secondary N) is 1. The summed E-state index contributed by atoms with van der Waals surface area (Å²) >= 11 is 0. The first-order chi connectivity index (χ1) is 19.9. The first-order valence-electron chi connectivity index (χ1n) is 14.0. The molecule has 6 rings (SSSR count). The fraction of sp³-hybridized carbons (Fsp3) is 0.387. The molecular formula is C31H32F3N5O3. The van der Waals surface area contributed by atoms with Gasteiger partial charge in [0.15, 0.2) is 5.82 Å². The molecule has 3 aromatic rings. The highest BCUT2D eigenvalue weighted by molar-refractivity contribution is 6.05. The van der Waals surface area contributed by atoms with Gasteiger partial charge in [-0.05, 0) is 82.0 Å². The molecule has 1 saturated heterocycles. The zero-order chi connectivity index (χ0) is 29.8. The van der Waals surface area contributed by atoms with Crippen LogP contribution in [0.2, 0.25) is 0 Å². The second-order valence-electron chi connectivity index (χ2n) is 11.9. The van der Waals surface area contributed by atoms with E-state index in [2.05, 4.69) is 10.2 Å². The van der Waals surface area contributed by atoms with Crippen LogP contribution in [0.1, 0.15) is 44.7 Å². The van der Waals surface area contributed by atoms with Crippen LogP contribution < -0.4 is 20.0 Å². The quantitative estimate of drug-likeness (QED) is 0.351. The molecule has 1 atom stereocenters. The number of ether oxygens (including phenoxy) is 1. The highest BCUT2D eigenvalue weighted by atomic mass is 19.4. The number of aromatic nitrogens is 1. The van der Waals surface area contributed by atoms with Crippen LogP contribution in [0, 0.1) is 0 Å². The smallest absolute Gasteiger partial charge is 0.416 e. The van der Waals surface area contributed by atoms with E-state index in [0.29, 0.717) is 41.5 Å². The van der Waals surface area contributed by atoms with Crippen LogP contribution >= 0.6 is 0 Å². The lowest BCUT2D eigenvalue weighted by Gasteiger charge is -2.36. The van der Waals surface area contributed by atoms with Gasteiger partial charge in [-0.25, -0.2) is 14.6 Å². The monoisotopic (exact) mass is 579 g/mol. The molecule has 4 heterocycles. The molecule has 42 heavy (non-hydrogen) atoms. The molecule has 2 bridgehead atoms. The van der Waals surface area contributed by atoms with Crippen molar-refractivity contribution >= 4 is 35.0 Å². The van der Waals surface area contributed by atoms with Crippen LogP contribution in [0.4, 0.5) is 45.6 Å². The number of nitrogens with zero attached hydrogens (tertiary/aromatic N) is 4. The number of amides is 3. The second kappa shape index (κ2) is 10.2. The first kappa shape index (κ1) is 27.9. The predicted molar refractivity (Wildman–Crippen MR) is 155 cm³/mol. The number of hydrogen-bond donors (Lipinski definition) is 1. The van der Waals surface area contributed by atoms with Gasteiger partial charge in [-0.15, -0.1) is 0 Å². The number of pyridine rings is 1. The minimum Gasteiger partial charge on any atom is -0.443 e. The Morgan fingerprint density at radius 2 is 1.81 bits per heavy atom. The minimum atomic E-state index is -4.48. The van der Waals surface area contributed by atoms with Gasteiger partial charge in [0.05, 0.1) is 28.7 Å². The maximum Gasteiger partial charge on any atom is 0.416 e. The maximum absolute atomic E-state index is 13.8. The van der Waals surface area contributed by atoms with E-state index in [1.165, 1.54) is 6.07 Å². The Kier molecular flexibility index (Phi) is 6.78. The van der Waals surface area contributed by atoms with Crippen molar-refractivity contribution in [3.63, 3.8) is 0 Å². The topological polar surface area (TPSA) is 78.0 Å². The van der Waals surface area contributed by atoms with E-state index < -0.39 is 29.5 Å². The molecule has 11 heteroatoms. The lowest BCUT2D eigenvalue weighted by Crippen LogP contribution is -2.48.